The second kappa shape index (κ2) is 9.11. The molecular weight excluding hydrogens is 446 g/mol. The lowest BCUT2D eigenvalue weighted by molar-refractivity contribution is 0.0942. The highest BCUT2D eigenvalue weighted by Crippen LogP contribution is 2.33. The Balaban J connectivity index is 1.44. The van der Waals surface area contributed by atoms with Crippen LogP contribution in [0.5, 0.6) is 0 Å². The Bertz CT molecular complexity index is 1380. The number of aromatic nitrogens is 1. The number of anilines is 1. The van der Waals surface area contributed by atoms with Gasteiger partial charge in [0, 0.05) is 24.5 Å². The van der Waals surface area contributed by atoms with E-state index in [9.17, 15) is 13.2 Å². The molecule has 0 radical (unpaired) electrons. The Kier molecular flexibility index (Phi) is 5.86. The number of benzene rings is 3. The Hall–Kier alpha value is -3.97. The fourth-order valence-electron chi connectivity index (χ4n) is 4.26. The first-order valence-corrected chi connectivity index (χ1v) is 12.4. The molecule has 1 atom stereocenters. The number of hydrogen-bond acceptors (Lipinski definition) is 4. The van der Waals surface area contributed by atoms with E-state index in [1.54, 1.807) is 24.5 Å². The minimum Gasteiger partial charge on any atom is -0.341 e. The first kappa shape index (κ1) is 21.9. The van der Waals surface area contributed by atoms with Gasteiger partial charge in [0.2, 0.25) is 0 Å². The molecule has 4 aromatic rings. The summed E-state index contributed by atoms with van der Waals surface area (Å²) in [7, 11) is -3.80. The van der Waals surface area contributed by atoms with Crippen LogP contribution < -0.4 is 9.62 Å². The Morgan fingerprint density at radius 1 is 0.853 bits per heavy atom. The van der Waals surface area contributed by atoms with Gasteiger partial charge in [0.05, 0.1) is 16.6 Å². The molecule has 0 aliphatic carbocycles. The first-order valence-electron chi connectivity index (χ1n) is 11.0. The van der Waals surface area contributed by atoms with Crippen molar-refractivity contribution in [2.24, 2.45) is 0 Å². The second-order valence-electron chi connectivity index (χ2n) is 8.08. The normalized spacial score (nSPS) is 13.8. The highest BCUT2D eigenvalue weighted by molar-refractivity contribution is 7.92. The molecule has 1 aliphatic rings. The summed E-state index contributed by atoms with van der Waals surface area (Å²) in [5.41, 5.74) is 3.78. The zero-order chi connectivity index (χ0) is 23.5. The first-order chi connectivity index (χ1) is 16.5. The number of hydrogen-bond donors (Lipinski definition) is 1. The van der Waals surface area contributed by atoms with Gasteiger partial charge in [-0.1, -0.05) is 54.6 Å². The van der Waals surface area contributed by atoms with Gasteiger partial charge in [0.25, 0.3) is 15.9 Å². The molecule has 0 unspecified atom stereocenters. The molecular formula is C27H23N3O3S. The Morgan fingerprint density at radius 2 is 1.56 bits per heavy atom. The molecule has 1 aromatic heterocycles. The third-order valence-electron chi connectivity index (χ3n) is 5.98. The third kappa shape index (κ3) is 4.18. The van der Waals surface area contributed by atoms with Crippen molar-refractivity contribution in [3.63, 3.8) is 0 Å². The van der Waals surface area contributed by atoms with Gasteiger partial charge in [0.15, 0.2) is 0 Å². The van der Waals surface area contributed by atoms with Crippen LogP contribution in [0.4, 0.5) is 5.69 Å². The van der Waals surface area contributed by atoms with E-state index >= 15 is 0 Å². The van der Waals surface area contributed by atoms with Crippen LogP contribution in [0.3, 0.4) is 0 Å². The molecule has 0 saturated carbocycles. The highest BCUT2D eigenvalue weighted by Gasteiger charge is 2.31. The van der Waals surface area contributed by atoms with Crippen molar-refractivity contribution in [1.29, 1.82) is 0 Å². The van der Waals surface area contributed by atoms with Crippen LogP contribution in [-0.4, -0.2) is 25.9 Å². The molecule has 6 nitrogen and oxygen atoms in total. The SMILES string of the molecule is O=C(N[C@@H](c1ccccc1)c1ccncc1)c1cccc(S(=O)(=O)N2CCc3ccccc32)c1. The summed E-state index contributed by atoms with van der Waals surface area (Å²) in [6.07, 6.45) is 4.03. The van der Waals surface area contributed by atoms with E-state index in [1.165, 1.54) is 16.4 Å². The molecule has 0 bridgehead atoms. The topological polar surface area (TPSA) is 79.4 Å². The minimum atomic E-state index is -3.80. The van der Waals surface area contributed by atoms with E-state index in [4.69, 9.17) is 0 Å². The molecule has 7 heteroatoms. The van der Waals surface area contributed by atoms with Crippen molar-refractivity contribution < 1.29 is 13.2 Å². The maximum absolute atomic E-state index is 13.4. The third-order valence-corrected chi connectivity index (χ3v) is 7.79. The molecule has 3 aromatic carbocycles. The van der Waals surface area contributed by atoms with Gasteiger partial charge in [-0.2, -0.15) is 0 Å². The molecule has 2 heterocycles. The lowest BCUT2D eigenvalue weighted by Gasteiger charge is -2.21. The van der Waals surface area contributed by atoms with Gasteiger partial charge < -0.3 is 5.32 Å². The quantitative estimate of drug-likeness (QED) is 0.455. The molecule has 34 heavy (non-hydrogen) atoms. The number of nitrogens with zero attached hydrogens (tertiary/aromatic N) is 2. The fourth-order valence-corrected chi connectivity index (χ4v) is 5.81. The van der Waals surface area contributed by atoms with E-state index in [0.717, 1.165) is 16.7 Å². The predicted molar refractivity (Wildman–Crippen MR) is 131 cm³/mol. The van der Waals surface area contributed by atoms with Crippen LogP contribution in [-0.2, 0) is 16.4 Å². The summed E-state index contributed by atoms with van der Waals surface area (Å²) in [4.78, 5) is 17.4. The summed E-state index contributed by atoms with van der Waals surface area (Å²) in [5, 5.41) is 3.05. The summed E-state index contributed by atoms with van der Waals surface area (Å²) in [6, 6.07) is 26.6. The zero-order valence-electron chi connectivity index (χ0n) is 18.3. The van der Waals surface area contributed by atoms with Crippen LogP contribution in [0.25, 0.3) is 0 Å². The average molecular weight is 470 g/mol. The van der Waals surface area contributed by atoms with Crippen LogP contribution in [0.2, 0.25) is 0 Å². The zero-order valence-corrected chi connectivity index (χ0v) is 19.2. The van der Waals surface area contributed by atoms with E-state index < -0.39 is 16.1 Å². The second-order valence-corrected chi connectivity index (χ2v) is 9.94. The number of carbonyl (C=O) groups is 1. The summed E-state index contributed by atoms with van der Waals surface area (Å²) in [6.45, 7) is 0.385. The summed E-state index contributed by atoms with van der Waals surface area (Å²) < 4.78 is 28.3. The number of para-hydroxylation sites is 1. The molecule has 1 N–H and O–H groups in total. The van der Waals surface area contributed by atoms with Gasteiger partial charge >= 0.3 is 0 Å². The molecule has 0 spiro atoms. The van der Waals surface area contributed by atoms with Gasteiger partial charge in [-0.15, -0.1) is 0 Å². The molecule has 0 fully saturated rings. The molecule has 1 aliphatic heterocycles. The van der Waals surface area contributed by atoms with Crippen LogP contribution in [0.1, 0.15) is 33.1 Å². The van der Waals surface area contributed by atoms with Crippen LogP contribution in [0, 0.1) is 0 Å². The number of rotatable bonds is 6. The lowest BCUT2D eigenvalue weighted by atomic mass is 9.99. The monoisotopic (exact) mass is 469 g/mol. The van der Waals surface area contributed by atoms with Gasteiger partial charge in [-0.3, -0.25) is 14.1 Å². The highest BCUT2D eigenvalue weighted by atomic mass is 32.2. The van der Waals surface area contributed by atoms with E-state index in [2.05, 4.69) is 10.3 Å². The van der Waals surface area contributed by atoms with Crippen molar-refractivity contribution in [3.8, 4) is 0 Å². The summed E-state index contributed by atoms with van der Waals surface area (Å²) in [5.74, 6) is -0.357. The Morgan fingerprint density at radius 3 is 2.35 bits per heavy atom. The van der Waals surface area contributed by atoms with E-state index in [0.29, 0.717) is 18.7 Å². The van der Waals surface area contributed by atoms with Crippen molar-refractivity contribution in [3.05, 3.63) is 126 Å². The molecule has 170 valence electrons. The number of nitrogens with one attached hydrogen (secondary N) is 1. The number of amides is 1. The van der Waals surface area contributed by atoms with Crippen molar-refractivity contribution in [2.75, 3.05) is 10.8 Å². The standard InChI is InChI=1S/C27H23N3O3S/c31-27(29-26(21-8-2-1-3-9-21)22-13-16-28-17-14-22)23-10-6-11-24(19-23)34(32,33)30-18-15-20-7-4-5-12-25(20)30/h1-14,16-17,19,26H,15,18H2,(H,29,31)/t26-/m0/s1. The molecule has 0 saturated heterocycles. The van der Waals surface area contributed by atoms with Crippen molar-refractivity contribution >= 4 is 21.6 Å². The van der Waals surface area contributed by atoms with E-state index in [-0.39, 0.29) is 16.4 Å². The average Bonchev–Trinajstić information content (AvgIpc) is 3.33. The van der Waals surface area contributed by atoms with Crippen LogP contribution >= 0.6 is 0 Å². The number of fused-ring (bicyclic) bond motifs is 1. The largest absolute Gasteiger partial charge is 0.341 e. The minimum absolute atomic E-state index is 0.0945. The number of sulfonamides is 1. The van der Waals surface area contributed by atoms with Crippen molar-refractivity contribution in [1.82, 2.24) is 10.3 Å². The van der Waals surface area contributed by atoms with E-state index in [1.807, 2.05) is 66.7 Å². The van der Waals surface area contributed by atoms with Gasteiger partial charge in [0.1, 0.15) is 0 Å². The molecule has 5 rings (SSSR count). The smallest absolute Gasteiger partial charge is 0.264 e. The molecule has 1 amide bonds. The van der Waals surface area contributed by atoms with Gasteiger partial charge in [-0.05, 0) is 59.5 Å². The van der Waals surface area contributed by atoms with Gasteiger partial charge in [-0.25, -0.2) is 8.42 Å². The maximum atomic E-state index is 13.4. The Labute approximate surface area is 199 Å². The fraction of sp³-hybridized carbons (Fsp3) is 0.111. The number of pyridine rings is 1. The van der Waals surface area contributed by atoms with Crippen molar-refractivity contribution in [2.45, 2.75) is 17.4 Å². The number of carbonyl (C=O) groups excluding carboxylic acids is 1. The predicted octanol–water partition coefficient (Wildman–Crippen LogP) is 4.35. The maximum Gasteiger partial charge on any atom is 0.264 e. The van der Waals surface area contributed by atoms with Crippen LogP contribution in [0.15, 0.2) is 108 Å². The lowest BCUT2D eigenvalue weighted by Crippen LogP contribution is -2.31. The summed E-state index contributed by atoms with van der Waals surface area (Å²) >= 11 is 0.